The maximum Gasteiger partial charge on any atom is 0.282 e. The van der Waals surface area contributed by atoms with Crippen LogP contribution >= 0.6 is 0 Å². The van der Waals surface area contributed by atoms with Gasteiger partial charge in [-0.25, -0.2) is 0 Å². The number of carbonyl (C=O) groups is 1. The molecule has 25 heavy (non-hydrogen) atoms. The molecule has 3 aliphatic heterocycles. The van der Waals surface area contributed by atoms with Gasteiger partial charge in [0.15, 0.2) is 0 Å². The molecule has 0 aromatic heterocycles. The molecule has 0 radical (unpaired) electrons. The third kappa shape index (κ3) is 4.89. The average molecular weight is 376 g/mol. The zero-order valence-corrected chi connectivity index (χ0v) is 15.5. The van der Waals surface area contributed by atoms with E-state index in [4.69, 9.17) is 9.47 Å². The molecule has 0 N–H and O–H groups in total. The second-order valence-electron chi connectivity index (χ2n) is 6.50. The average Bonchev–Trinajstić information content (AvgIpc) is 2.68. The van der Waals surface area contributed by atoms with Gasteiger partial charge in [0.2, 0.25) is 5.91 Å². The zero-order chi connectivity index (χ0) is 17.7. The molecule has 3 rings (SSSR count). The van der Waals surface area contributed by atoms with Gasteiger partial charge < -0.3 is 14.4 Å². The largest absolute Gasteiger partial charge is 0.379 e. The molecule has 0 bridgehead atoms. The molecule has 3 saturated heterocycles. The van der Waals surface area contributed by atoms with Crippen molar-refractivity contribution in [2.45, 2.75) is 6.42 Å². The van der Waals surface area contributed by atoms with Crippen LogP contribution in [0.3, 0.4) is 0 Å². The van der Waals surface area contributed by atoms with Crippen LogP contribution in [0.15, 0.2) is 0 Å². The highest BCUT2D eigenvalue weighted by molar-refractivity contribution is 7.86. The van der Waals surface area contributed by atoms with Gasteiger partial charge >= 0.3 is 0 Å². The van der Waals surface area contributed by atoms with E-state index in [1.54, 1.807) is 4.90 Å². The van der Waals surface area contributed by atoms with E-state index in [9.17, 15) is 13.2 Å². The van der Waals surface area contributed by atoms with Crippen molar-refractivity contribution in [2.24, 2.45) is 0 Å². The molecule has 0 unspecified atom stereocenters. The van der Waals surface area contributed by atoms with Gasteiger partial charge in [-0.3, -0.25) is 9.69 Å². The molecule has 0 atom stereocenters. The monoisotopic (exact) mass is 376 g/mol. The van der Waals surface area contributed by atoms with Crippen LogP contribution in [-0.2, 0) is 24.5 Å². The summed E-state index contributed by atoms with van der Waals surface area (Å²) in [5.74, 6) is 0.106. The Labute approximate surface area is 149 Å². The first kappa shape index (κ1) is 19.0. The van der Waals surface area contributed by atoms with Crippen LogP contribution in [0.1, 0.15) is 6.42 Å². The van der Waals surface area contributed by atoms with Crippen molar-refractivity contribution < 1.29 is 22.7 Å². The second kappa shape index (κ2) is 8.74. The number of ether oxygens (including phenoxy) is 2. The summed E-state index contributed by atoms with van der Waals surface area (Å²) in [6.07, 6.45) is 0.482. The van der Waals surface area contributed by atoms with E-state index in [2.05, 4.69) is 4.90 Å². The molecule has 0 aromatic carbocycles. The first-order valence-corrected chi connectivity index (χ1v) is 10.4. The molecule has 3 fully saturated rings. The first-order chi connectivity index (χ1) is 12.1. The van der Waals surface area contributed by atoms with E-state index in [-0.39, 0.29) is 5.91 Å². The van der Waals surface area contributed by atoms with Gasteiger partial charge in [-0.15, -0.1) is 0 Å². The fraction of sp³-hybridized carbons (Fsp3) is 0.933. The highest BCUT2D eigenvalue weighted by atomic mass is 32.2. The molecular weight excluding hydrogens is 348 g/mol. The van der Waals surface area contributed by atoms with E-state index in [1.165, 1.54) is 8.61 Å². The third-order valence-corrected chi connectivity index (χ3v) is 7.00. The Balaban J connectivity index is 1.43. The summed E-state index contributed by atoms with van der Waals surface area (Å²) in [6, 6.07) is 0. The number of rotatable bonds is 5. The third-order valence-electron chi connectivity index (χ3n) is 4.96. The lowest BCUT2D eigenvalue weighted by molar-refractivity contribution is -0.133. The molecule has 0 spiro atoms. The van der Waals surface area contributed by atoms with Crippen molar-refractivity contribution in [3.05, 3.63) is 0 Å². The van der Waals surface area contributed by atoms with E-state index >= 15 is 0 Å². The summed E-state index contributed by atoms with van der Waals surface area (Å²) >= 11 is 0. The van der Waals surface area contributed by atoms with E-state index in [0.717, 1.165) is 32.8 Å². The molecule has 144 valence electrons. The minimum absolute atomic E-state index is 0.106. The normalized spacial score (nSPS) is 25.2. The number of hydrogen-bond donors (Lipinski definition) is 0. The predicted octanol–water partition coefficient (Wildman–Crippen LogP) is -1.57. The number of morpholine rings is 2. The summed E-state index contributed by atoms with van der Waals surface area (Å²) in [6.45, 7) is 7.30. The SMILES string of the molecule is O=C(CCN1CCOCC1)N1CCN(S(=O)(=O)N2CCOCC2)CC1. The number of nitrogens with zero attached hydrogens (tertiary/aromatic N) is 4. The molecule has 3 heterocycles. The molecule has 0 aromatic rings. The molecule has 9 nitrogen and oxygen atoms in total. The van der Waals surface area contributed by atoms with Crippen LogP contribution < -0.4 is 0 Å². The highest BCUT2D eigenvalue weighted by Gasteiger charge is 2.34. The second-order valence-corrected chi connectivity index (χ2v) is 8.43. The Morgan fingerprint density at radius 3 is 1.88 bits per heavy atom. The van der Waals surface area contributed by atoms with E-state index in [1.807, 2.05) is 0 Å². The molecule has 0 aliphatic carbocycles. The maximum absolute atomic E-state index is 12.6. The summed E-state index contributed by atoms with van der Waals surface area (Å²) in [5, 5.41) is 0. The first-order valence-electron chi connectivity index (χ1n) is 8.98. The number of amides is 1. The van der Waals surface area contributed by atoms with Gasteiger partial charge in [0.05, 0.1) is 26.4 Å². The van der Waals surface area contributed by atoms with Crippen molar-refractivity contribution in [2.75, 3.05) is 85.3 Å². The molecule has 3 aliphatic rings. The summed E-state index contributed by atoms with van der Waals surface area (Å²) in [4.78, 5) is 16.4. The van der Waals surface area contributed by atoms with Crippen molar-refractivity contribution in [3.8, 4) is 0 Å². The zero-order valence-electron chi connectivity index (χ0n) is 14.6. The fourth-order valence-corrected chi connectivity index (χ4v) is 4.91. The molecule has 10 heteroatoms. The summed E-state index contributed by atoms with van der Waals surface area (Å²) in [5.41, 5.74) is 0. The van der Waals surface area contributed by atoms with Crippen molar-refractivity contribution >= 4 is 16.1 Å². The topological polar surface area (TPSA) is 82.6 Å². The van der Waals surface area contributed by atoms with Gasteiger partial charge in [-0.2, -0.15) is 17.0 Å². The smallest absolute Gasteiger partial charge is 0.282 e. The van der Waals surface area contributed by atoms with Crippen LogP contribution in [0.5, 0.6) is 0 Å². The Morgan fingerprint density at radius 1 is 0.760 bits per heavy atom. The highest BCUT2D eigenvalue weighted by Crippen LogP contribution is 2.14. The predicted molar refractivity (Wildman–Crippen MR) is 91.3 cm³/mol. The van der Waals surface area contributed by atoms with Crippen molar-refractivity contribution in [3.63, 3.8) is 0 Å². The van der Waals surface area contributed by atoms with E-state index < -0.39 is 10.2 Å². The standard InChI is InChI=1S/C15H28N4O5S/c20-15(1-2-16-7-11-23-12-8-16)17-3-5-18(6-4-17)25(21,22)19-9-13-24-14-10-19/h1-14H2. The van der Waals surface area contributed by atoms with Gasteiger partial charge in [-0.05, 0) is 0 Å². The minimum atomic E-state index is -3.44. The lowest BCUT2D eigenvalue weighted by Gasteiger charge is -2.38. The Morgan fingerprint density at radius 2 is 1.28 bits per heavy atom. The van der Waals surface area contributed by atoms with Crippen LogP contribution in [0.25, 0.3) is 0 Å². The number of carbonyl (C=O) groups excluding carboxylic acids is 1. The van der Waals surface area contributed by atoms with E-state index in [0.29, 0.717) is 58.9 Å². The quantitative estimate of drug-likeness (QED) is 0.577. The maximum atomic E-state index is 12.6. The molecule has 0 saturated carbocycles. The van der Waals surface area contributed by atoms with Crippen LogP contribution in [0, 0.1) is 0 Å². The minimum Gasteiger partial charge on any atom is -0.379 e. The van der Waals surface area contributed by atoms with Crippen molar-refractivity contribution in [1.29, 1.82) is 0 Å². The fourth-order valence-electron chi connectivity index (χ4n) is 3.35. The lowest BCUT2D eigenvalue weighted by Crippen LogP contribution is -2.56. The van der Waals surface area contributed by atoms with Gasteiger partial charge in [0.25, 0.3) is 10.2 Å². The van der Waals surface area contributed by atoms with Crippen LogP contribution in [0.4, 0.5) is 0 Å². The lowest BCUT2D eigenvalue weighted by atomic mass is 10.3. The number of piperazine rings is 1. The Kier molecular flexibility index (Phi) is 6.64. The van der Waals surface area contributed by atoms with Crippen LogP contribution in [-0.4, -0.2) is 118 Å². The summed E-state index contributed by atoms with van der Waals surface area (Å²) < 4.78 is 38.7. The number of hydrogen-bond acceptors (Lipinski definition) is 6. The molecular formula is C15H28N4O5S. The Hall–Kier alpha value is -0.780. The van der Waals surface area contributed by atoms with Gasteiger partial charge in [0.1, 0.15) is 0 Å². The Bertz CT molecular complexity index is 538. The summed E-state index contributed by atoms with van der Waals surface area (Å²) in [7, 11) is -3.44. The van der Waals surface area contributed by atoms with Gasteiger partial charge in [-0.1, -0.05) is 0 Å². The van der Waals surface area contributed by atoms with Crippen molar-refractivity contribution in [1.82, 2.24) is 18.4 Å². The van der Waals surface area contributed by atoms with Crippen LogP contribution in [0.2, 0.25) is 0 Å². The molecule has 1 amide bonds. The van der Waals surface area contributed by atoms with Gasteiger partial charge in [0, 0.05) is 65.3 Å².